The Morgan fingerprint density at radius 2 is 1.82 bits per heavy atom. The summed E-state index contributed by atoms with van der Waals surface area (Å²) in [4.78, 5) is 2.07. The molecule has 2 rings (SSSR count). The van der Waals surface area contributed by atoms with Gasteiger partial charge in [-0.15, -0.1) is 0 Å². The van der Waals surface area contributed by atoms with Crippen LogP contribution in [-0.4, -0.2) is 30.7 Å². The smallest absolute Gasteiger partial charge is 0.159 e. The maximum Gasteiger partial charge on any atom is 0.159 e. The zero-order chi connectivity index (χ0) is 12.5. The highest BCUT2D eigenvalue weighted by atomic mass is 19.2. The van der Waals surface area contributed by atoms with Gasteiger partial charge in [0.15, 0.2) is 11.6 Å². The lowest BCUT2D eigenvalue weighted by Gasteiger charge is -2.34. The van der Waals surface area contributed by atoms with E-state index < -0.39 is 17.3 Å². The Morgan fingerprint density at radius 1 is 1.18 bits per heavy atom. The van der Waals surface area contributed by atoms with E-state index in [1.807, 2.05) is 7.05 Å². The third kappa shape index (κ3) is 3.00. The lowest BCUT2D eigenvalue weighted by molar-refractivity contribution is 0.0697. The van der Waals surface area contributed by atoms with Gasteiger partial charge in [-0.1, -0.05) is 6.07 Å². The lowest BCUT2D eigenvalue weighted by atomic mass is 9.87. The van der Waals surface area contributed by atoms with Crippen LogP contribution in [0.3, 0.4) is 0 Å². The van der Waals surface area contributed by atoms with Crippen LogP contribution in [0.1, 0.15) is 18.4 Å². The van der Waals surface area contributed by atoms with Crippen molar-refractivity contribution in [3.05, 3.63) is 35.4 Å². The van der Waals surface area contributed by atoms with Crippen LogP contribution >= 0.6 is 0 Å². The molecule has 0 aromatic heterocycles. The molecule has 1 fully saturated rings. The van der Waals surface area contributed by atoms with Crippen LogP contribution < -0.4 is 0 Å². The largest absolute Gasteiger partial charge is 0.306 e. The van der Waals surface area contributed by atoms with Crippen molar-refractivity contribution in [2.75, 3.05) is 20.1 Å². The highest BCUT2D eigenvalue weighted by molar-refractivity contribution is 5.20. The van der Waals surface area contributed by atoms with Crippen molar-refractivity contribution in [1.82, 2.24) is 4.90 Å². The van der Waals surface area contributed by atoms with Crippen molar-refractivity contribution in [2.24, 2.45) is 0 Å². The second-order valence-corrected chi connectivity index (χ2v) is 4.88. The van der Waals surface area contributed by atoms with Gasteiger partial charge in [-0.05, 0) is 37.6 Å². The van der Waals surface area contributed by atoms with Gasteiger partial charge in [-0.2, -0.15) is 0 Å². The first-order valence-corrected chi connectivity index (χ1v) is 5.80. The molecular weight excluding hydrogens is 227 g/mol. The van der Waals surface area contributed by atoms with Gasteiger partial charge in [-0.3, -0.25) is 0 Å². The Bertz CT molecular complexity index is 398. The van der Waals surface area contributed by atoms with E-state index in [0.29, 0.717) is 31.5 Å². The summed E-state index contributed by atoms with van der Waals surface area (Å²) >= 11 is 0. The van der Waals surface area contributed by atoms with Gasteiger partial charge in [0, 0.05) is 19.5 Å². The molecule has 1 heterocycles. The molecule has 0 saturated carbocycles. The molecule has 0 atom stereocenters. The minimum absolute atomic E-state index is 0.165. The normalized spacial score (nSPS) is 20.5. The molecule has 1 aliphatic rings. The number of piperidine rings is 1. The van der Waals surface area contributed by atoms with Crippen LogP contribution in [0.25, 0.3) is 0 Å². The summed E-state index contributed by atoms with van der Waals surface area (Å²) in [6.07, 6.45) is 1.06. The van der Waals surface area contributed by atoms with Crippen LogP contribution in [0.2, 0.25) is 0 Å². The number of likely N-dealkylation sites (tertiary alicyclic amines) is 1. The zero-order valence-electron chi connectivity index (χ0n) is 9.85. The molecule has 4 heteroatoms. The topological polar surface area (TPSA) is 3.24 Å². The SMILES string of the molecule is CN1CCC(F)(Cc2ccc(F)c(F)c2)CC1. The average molecular weight is 243 g/mol. The number of benzene rings is 1. The van der Waals surface area contributed by atoms with E-state index in [4.69, 9.17) is 0 Å². The molecule has 0 radical (unpaired) electrons. The van der Waals surface area contributed by atoms with E-state index >= 15 is 0 Å². The Balaban J connectivity index is 2.07. The van der Waals surface area contributed by atoms with Crippen LogP contribution in [0.5, 0.6) is 0 Å². The Kier molecular flexibility index (Phi) is 3.43. The fraction of sp³-hybridized carbons (Fsp3) is 0.538. The molecule has 1 saturated heterocycles. The first kappa shape index (κ1) is 12.4. The average Bonchev–Trinajstić information content (AvgIpc) is 2.28. The Hall–Kier alpha value is -1.03. The summed E-state index contributed by atoms with van der Waals surface area (Å²) in [6, 6.07) is 3.61. The Morgan fingerprint density at radius 3 is 2.41 bits per heavy atom. The predicted octanol–water partition coefficient (Wildman–Crippen LogP) is 2.94. The summed E-state index contributed by atoms with van der Waals surface area (Å²) in [5.74, 6) is -1.79. The lowest BCUT2D eigenvalue weighted by Crippen LogP contribution is -2.41. The Labute approximate surface area is 99.2 Å². The predicted molar refractivity (Wildman–Crippen MR) is 60.6 cm³/mol. The number of alkyl halides is 1. The fourth-order valence-corrected chi connectivity index (χ4v) is 2.21. The van der Waals surface area contributed by atoms with Gasteiger partial charge in [0.1, 0.15) is 5.67 Å². The number of rotatable bonds is 2. The molecule has 1 aliphatic heterocycles. The monoisotopic (exact) mass is 243 g/mol. The molecule has 94 valence electrons. The molecule has 1 aromatic rings. The van der Waals surface area contributed by atoms with Crippen LogP contribution in [-0.2, 0) is 6.42 Å². The maximum atomic E-state index is 14.4. The second kappa shape index (κ2) is 4.69. The van der Waals surface area contributed by atoms with E-state index in [1.165, 1.54) is 6.07 Å². The number of halogens is 3. The molecule has 1 nitrogen and oxygen atoms in total. The van der Waals surface area contributed by atoms with Gasteiger partial charge in [0.25, 0.3) is 0 Å². The molecule has 0 amide bonds. The molecule has 0 bridgehead atoms. The van der Waals surface area contributed by atoms with Crippen molar-refractivity contribution in [1.29, 1.82) is 0 Å². The molecule has 17 heavy (non-hydrogen) atoms. The highest BCUT2D eigenvalue weighted by Crippen LogP contribution is 2.30. The molecule has 0 aliphatic carbocycles. The summed E-state index contributed by atoms with van der Waals surface area (Å²) in [5.41, 5.74) is -0.757. The molecule has 1 aromatic carbocycles. The summed E-state index contributed by atoms with van der Waals surface area (Å²) in [5, 5.41) is 0. The van der Waals surface area contributed by atoms with Crippen LogP contribution in [0, 0.1) is 11.6 Å². The highest BCUT2D eigenvalue weighted by Gasteiger charge is 2.33. The van der Waals surface area contributed by atoms with Crippen LogP contribution in [0.15, 0.2) is 18.2 Å². The van der Waals surface area contributed by atoms with Crippen LogP contribution in [0.4, 0.5) is 13.2 Å². The van der Waals surface area contributed by atoms with Crippen molar-refractivity contribution < 1.29 is 13.2 Å². The van der Waals surface area contributed by atoms with Gasteiger partial charge in [-0.25, -0.2) is 13.2 Å². The minimum atomic E-state index is -1.28. The second-order valence-electron chi connectivity index (χ2n) is 4.88. The first-order valence-electron chi connectivity index (χ1n) is 5.80. The summed E-state index contributed by atoms with van der Waals surface area (Å²) in [7, 11) is 1.96. The number of nitrogens with zero attached hydrogens (tertiary/aromatic N) is 1. The third-order valence-electron chi connectivity index (χ3n) is 3.39. The van der Waals surface area contributed by atoms with E-state index in [-0.39, 0.29) is 6.42 Å². The van der Waals surface area contributed by atoms with Crippen molar-refractivity contribution in [3.8, 4) is 0 Å². The van der Waals surface area contributed by atoms with Crippen molar-refractivity contribution >= 4 is 0 Å². The van der Waals surface area contributed by atoms with Gasteiger partial charge >= 0.3 is 0 Å². The molecular formula is C13H16F3N. The van der Waals surface area contributed by atoms with E-state index in [2.05, 4.69) is 4.90 Å². The van der Waals surface area contributed by atoms with Crippen molar-refractivity contribution in [3.63, 3.8) is 0 Å². The van der Waals surface area contributed by atoms with Gasteiger partial charge in [0.2, 0.25) is 0 Å². The first-order chi connectivity index (χ1) is 7.98. The summed E-state index contributed by atoms with van der Waals surface area (Å²) < 4.78 is 40.2. The third-order valence-corrected chi connectivity index (χ3v) is 3.39. The van der Waals surface area contributed by atoms with Crippen molar-refractivity contribution in [2.45, 2.75) is 24.9 Å². The fourth-order valence-electron chi connectivity index (χ4n) is 2.21. The van der Waals surface area contributed by atoms with Gasteiger partial charge in [0.05, 0.1) is 0 Å². The number of hydrogen-bond donors (Lipinski definition) is 0. The summed E-state index contributed by atoms with van der Waals surface area (Å²) in [6.45, 7) is 1.42. The molecule has 0 unspecified atom stereocenters. The standard InChI is InChI=1S/C13H16F3N/c1-17-6-4-13(16,5-7-17)9-10-2-3-11(14)12(15)8-10/h2-3,8H,4-7,9H2,1H3. The maximum absolute atomic E-state index is 14.4. The van der Waals surface area contributed by atoms with E-state index in [0.717, 1.165) is 12.1 Å². The zero-order valence-corrected chi connectivity index (χ0v) is 9.85. The van der Waals surface area contributed by atoms with E-state index in [9.17, 15) is 13.2 Å². The minimum Gasteiger partial charge on any atom is -0.306 e. The van der Waals surface area contributed by atoms with Gasteiger partial charge < -0.3 is 4.90 Å². The quantitative estimate of drug-likeness (QED) is 0.772. The number of hydrogen-bond acceptors (Lipinski definition) is 1. The molecule has 0 N–H and O–H groups in total. The molecule has 0 spiro atoms. The van der Waals surface area contributed by atoms with E-state index in [1.54, 1.807) is 0 Å².